The molecule has 0 aromatic carbocycles. The van der Waals surface area contributed by atoms with Crippen LogP contribution in [0.25, 0.3) is 0 Å². The molecule has 1 aliphatic rings. The Balaban J connectivity index is 2.03. The Kier molecular flexibility index (Phi) is 5.77. The van der Waals surface area contributed by atoms with E-state index in [2.05, 4.69) is 10.2 Å². The minimum Gasteiger partial charge on any atom is -0.355 e. The number of carbonyl (C=O) groups is 1. The molecule has 16 heavy (non-hydrogen) atoms. The summed E-state index contributed by atoms with van der Waals surface area (Å²) >= 11 is 0. The summed E-state index contributed by atoms with van der Waals surface area (Å²) in [6.45, 7) is 8.22. The Morgan fingerprint density at radius 3 is 2.56 bits per heavy atom. The summed E-state index contributed by atoms with van der Waals surface area (Å²) < 4.78 is 0. The van der Waals surface area contributed by atoms with Crippen LogP contribution in [0.5, 0.6) is 0 Å². The number of carbonyl (C=O) groups excluding carboxylic acids is 1. The van der Waals surface area contributed by atoms with Gasteiger partial charge >= 0.3 is 0 Å². The van der Waals surface area contributed by atoms with Gasteiger partial charge in [0.1, 0.15) is 0 Å². The number of nitrogens with zero attached hydrogens (tertiary/aromatic N) is 1. The highest BCUT2D eigenvalue weighted by Crippen LogP contribution is 2.06. The molecule has 3 N–H and O–H groups in total. The number of likely N-dealkylation sites (tertiary alicyclic amines) is 1. The van der Waals surface area contributed by atoms with Crippen molar-refractivity contribution in [1.29, 1.82) is 0 Å². The highest BCUT2D eigenvalue weighted by Gasteiger charge is 2.16. The number of hydrogen-bond acceptors (Lipinski definition) is 3. The van der Waals surface area contributed by atoms with Crippen LogP contribution in [0, 0.1) is 5.92 Å². The van der Waals surface area contributed by atoms with E-state index in [0.717, 1.165) is 19.5 Å². The van der Waals surface area contributed by atoms with Gasteiger partial charge in [-0.05, 0) is 44.8 Å². The van der Waals surface area contributed by atoms with Crippen LogP contribution in [0.3, 0.4) is 0 Å². The number of nitrogens with one attached hydrogen (secondary N) is 1. The van der Waals surface area contributed by atoms with Gasteiger partial charge in [-0.15, -0.1) is 0 Å². The normalized spacial score (nSPS) is 19.0. The summed E-state index contributed by atoms with van der Waals surface area (Å²) in [5.74, 6) is 0.190. The Hall–Kier alpha value is -0.610. The van der Waals surface area contributed by atoms with Crippen LogP contribution in [0.1, 0.15) is 33.1 Å². The van der Waals surface area contributed by atoms with Gasteiger partial charge in [0.2, 0.25) is 5.91 Å². The SMILES string of the molecule is CC(C)C(N)C(=O)NCCCN1CCCC1. The lowest BCUT2D eigenvalue weighted by molar-refractivity contribution is -0.123. The Labute approximate surface area is 98.6 Å². The van der Waals surface area contributed by atoms with Crippen molar-refractivity contribution in [2.75, 3.05) is 26.2 Å². The first-order valence-corrected chi connectivity index (χ1v) is 6.37. The maximum atomic E-state index is 11.5. The number of rotatable bonds is 6. The largest absolute Gasteiger partial charge is 0.355 e. The third kappa shape index (κ3) is 4.49. The topological polar surface area (TPSA) is 58.4 Å². The van der Waals surface area contributed by atoms with E-state index in [-0.39, 0.29) is 17.9 Å². The lowest BCUT2D eigenvalue weighted by Gasteiger charge is -2.17. The van der Waals surface area contributed by atoms with Gasteiger partial charge in [-0.3, -0.25) is 4.79 Å². The first-order chi connectivity index (χ1) is 7.61. The van der Waals surface area contributed by atoms with E-state index in [9.17, 15) is 4.79 Å². The van der Waals surface area contributed by atoms with Gasteiger partial charge in [0.25, 0.3) is 0 Å². The maximum absolute atomic E-state index is 11.5. The van der Waals surface area contributed by atoms with Crippen molar-refractivity contribution in [3.05, 3.63) is 0 Å². The quantitative estimate of drug-likeness (QED) is 0.652. The van der Waals surface area contributed by atoms with Crippen molar-refractivity contribution in [1.82, 2.24) is 10.2 Å². The molecule has 4 nitrogen and oxygen atoms in total. The molecule has 4 heteroatoms. The molecule has 0 saturated carbocycles. The molecule has 0 aromatic rings. The second kappa shape index (κ2) is 6.86. The van der Waals surface area contributed by atoms with Gasteiger partial charge in [-0.25, -0.2) is 0 Å². The third-order valence-corrected chi connectivity index (χ3v) is 3.17. The first kappa shape index (κ1) is 13.5. The summed E-state index contributed by atoms with van der Waals surface area (Å²) in [5.41, 5.74) is 5.74. The summed E-state index contributed by atoms with van der Waals surface area (Å²) in [6.07, 6.45) is 3.67. The van der Waals surface area contributed by atoms with E-state index in [4.69, 9.17) is 5.73 Å². The van der Waals surface area contributed by atoms with E-state index in [1.165, 1.54) is 25.9 Å². The predicted molar refractivity (Wildman–Crippen MR) is 66.1 cm³/mol. The van der Waals surface area contributed by atoms with Crippen molar-refractivity contribution < 1.29 is 4.79 Å². The molecule has 1 fully saturated rings. The summed E-state index contributed by atoms with van der Waals surface area (Å²) in [6, 6.07) is -0.369. The van der Waals surface area contributed by atoms with Gasteiger partial charge in [0.05, 0.1) is 6.04 Å². The molecule has 1 unspecified atom stereocenters. The van der Waals surface area contributed by atoms with E-state index >= 15 is 0 Å². The molecule has 1 aliphatic heterocycles. The van der Waals surface area contributed by atoms with Gasteiger partial charge in [-0.2, -0.15) is 0 Å². The lowest BCUT2D eigenvalue weighted by atomic mass is 10.1. The molecule has 0 bridgehead atoms. The molecule has 1 amide bonds. The highest BCUT2D eigenvalue weighted by atomic mass is 16.2. The molecule has 0 aliphatic carbocycles. The average Bonchev–Trinajstić information content (AvgIpc) is 2.75. The van der Waals surface area contributed by atoms with Crippen molar-refractivity contribution in [3.63, 3.8) is 0 Å². The third-order valence-electron chi connectivity index (χ3n) is 3.17. The van der Waals surface area contributed by atoms with Crippen LogP contribution in [-0.2, 0) is 4.79 Å². The smallest absolute Gasteiger partial charge is 0.237 e. The Morgan fingerprint density at radius 2 is 2.00 bits per heavy atom. The summed E-state index contributed by atoms with van der Waals surface area (Å²) in [5, 5.41) is 2.90. The van der Waals surface area contributed by atoms with Crippen LogP contribution in [0.15, 0.2) is 0 Å². The van der Waals surface area contributed by atoms with Crippen LogP contribution >= 0.6 is 0 Å². The van der Waals surface area contributed by atoms with E-state index in [1.54, 1.807) is 0 Å². The molecule has 1 atom stereocenters. The average molecular weight is 227 g/mol. The van der Waals surface area contributed by atoms with Gasteiger partial charge in [0, 0.05) is 6.54 Å². The van der Waals surface area contributed by atoms with E-state index in [1.807, 2.05) is 13.8 Å². The molecule has 0 aromatic heterocycles. The number of nitrogens with two attached hydrogens (primary N) is 1. The van der Waals surface area contributed by atoms with Gasteiger partial charge in [0.15, 0.2) is 0 Å². The van der Waals surface area contributed by atoms with Crippen molar-refractivity contribution in [3.8, 4) is 0 Å². The van der Waals surface area contributed by atoms with Crippen molar-refractivity contribution in [2.45, 2.75) is 39.2 Å². The molecule has 0 spiro atoms. The van der Waals surface area contributed by atoms with E-state index < -0.39 is 0 Å². The molecule has 94 valence electrons. The highest BCUT2D eigenvalue weighted by molar-refractivity contribution is 5.81. The monoisotopic (exact) mass is 227 g/mol. The van der Waals surface area contributed by atoms with Crippen molar-refractivity contribution in [2.24, 2.45) is 11.7 Å². The molecular formula is C12H25N3O. The number of hydrogen-bond donors (Lipinski definition) is 2. The van der Waals surface area contributed by atoms with Crippen LogP contribution in [0.2, 0.25) is 0 Å². The van der Waals surface area contributed by atoms with Gasteiger partial charge in [-0.1, -0.05) is 13.8 Å². The van der Waals surface area contributed by atoms with E-state index in [0.29, 0.717) is 0 Å². The minimum atomic E-state index is -0.369. The zero-order chi connectivity index (χ0) is 12.0. The molecule has 0 radical (unpaired) electrons. The fourth-order valence-electron chi connectivity index (χ4n) is 1.94. The van der Waals surface area contributed by atoms with Crippen LogP contribution in [0.4, 0.5) is 0 Å². The zero-order valence-corrected chi connectivity index (χ0v) is 10.5. The zero-order valence-electron chi connectivity index (χ0n) is 10.5. The molecule has 1 heterocycles. The standard InChI is InChI=1S/C12H25N3O/c1-10(2)11(13)12(16)14-6-5-9-15-7-3-4-8-15/h10-11H,3-9,13H2,1-2H3,(H,14,16). The molecule has 1 saturated heterocycles. The Bertz CT molecular complexity index is 212. The second-order valence-corrected chi connectivity index (χ2v) is 4.96. The Morgan fingerprint density at radius 1 is 1.38 bits per heavy atom. The fourth-order valence-corrected chi connectivity index (χ4v) is 1.94. The predicted octanol–water partition coefficient (Wildman–Crippen LogP) is 0.572. The summed E-state index contributed by atoms with van der Waals surface area (Å²) in [4.78, 5) is 14.0. The fraction of sp³-hybridized carbons (Fsp3) is 0.917. The maximum Gasteiger partial charge on any atom is 0.237 e. The molecule has 1 rings (SSSR count). The van der Waals surface area contributed by atoms with Crippen LogP contribution < -0.4 is 11.1 Å². The first-order valence-electron chi connectivity index (χ1n) is 6.37. The number of amides is 1. The second-order valence-electron chi connectivity index (χ2n) is 4.96. The van der Waals surface area contributed by atoms with Crippen LogP contribution in [-0.4, -0.2) is 43.0 Å². The lowest BCUT2D eigenvalue weighted by Crippen LogP contribution is -2.44. The van der Waals surface area contributed by atoms with Gasteiger partial charge < -0.3 is 16.0 Å². The van der Waals surface area contributed by atoms with Crippen molar-refractivity contribution >= 4 is 5.91 Å². The molecular weight excluding hydrogens is 202 g/mol. The minimum absolute atomic E-state index is 0.0172. The summed E-state index contributed by atoms with van der Waals surface area (Å²) in [7, 11) is 0.